The van der Waals surface area contributed by atoms with Crippen LogP contribution in [-0.2, 0) is 6.42 Å². The monoisotopic (exact) mass is 293 g/mol. The lowest BCUT2D eigenvalue weighted by Gasteiger charge is -2.16. The van der Waals surface area contributed by atoms with E-state index in [-0.39, 0.29) is 6.10 Å². The van der Waals surface area contributed by atoms with Crippen molar-refractivity contribution in [2.24, 2.45) is 11.8 Å². The number of aliphatic hydroxyl groups excluding tert-OH is 2. The molecular weight excluding hydrogens is 262 g/mol. The highest BCUT2D eigenvalue weighted by Crippen LogP contribution is 2.15. The Balaban J connectivity index is 2.36. The molecule has 0 saturated carbocycles. The Hall–Kier alpha value is -0.900. The maximum atomic E-state index is 10.1. The molecule has 2 unspecified atom stereocenters. The molecule has 21 heavy (non-hydrogen) atoms. The molecule has 0 aliphatic heterocycles. The van der Waals surface area contributed by atoms with Gasteiger partial charge in [0.15, 0.2) is 0 Å². The highest BCUT2D eigenvalue weighted by molar-refractivity contribution is 5.24. The van der Waals surface area contributed by atoms with E-state index < -0.39 is 6.10 Å². The smallest absolute Gasteiger partial charge is 0.0914 e. The summed E-state index contributed by atoms with van der Waals surface area (Å²) in [6.45, 7) is 9.59. The molecule has 0 spiro atoms. The van der Waals surface area contributed by atoms with Gasteiger partial charge in [-0.1, -0.05) is 52.0 Å². The molecule has 120 valence electrons. The molecule has 1 aromatic carbocycles. The summed E-state index contributed by atoms with van der Waals surface area (Å²) >= 11 is 0. The van der Waals surface area contributed by atoms with Gasteiger partial charge in [-0.3, -0.25) is 0 Å². The zero-order valence-corrected chi connectivity index (χ0v) is 13.8. The highest BCUT2D eigenvalue weighted by Gasteiger charge is 2.10. The summed E-state index contributed by atoms with van der Waals surface area (Å²) in [5.74, 6) is 1.13. The van der Waals surface area contributed by atoms with E-state index in [1.165, 1.54) is 5.56 Å². The molecule has 0 amide bonds. The standard InChI is InChI=1S/C18H31NO2/c1-13(2)9-15-5-7-16(8-6-15)18(21)12-19-11-17(20)10-14(3)4/h5-8,13-14,17-21H,9-12H2,1-4H3. The summed E-state index contributed by atoms with van der Waals surface area (Å²) < 4.78 is 0. The van der Waals surface area contributed by atoms with E-state index in [4.69, 9.17) is 0 Å². The summed E-state index contributed by atoms with van der Waals surface area (Å²) in [6.07, 6.45) is 0.984. The molecule has 0 radical (unpaired) electrons. The number of aliphatic hydroxyl groups is 2. The van der Waals surface area contributed by atoms with Crippen LogP contribution in [0.1, 0.15) is 51.3 Å². The SMILES string of the molecule is CC(C)Cc1ccc(C(O)CNCC(O)CC(C)C)cc1. The van der Waals surface area contributed by atoms with Gasteiger partial charge < -0.3 is 15.5 Å². The van der Waals surface area contributed by atoms with E-state index in [9.17, 15) is 10.2 Å². The lowest BCUT2D eigenvalue weighted by Crippen LogP contribution is -2.31. The van der Waals surface area contributed by atoms with Crippen LogP contribution in [0.25, 0.3) is 0 Å². The molecule has 0 bridgehead atoms. The van der Waals surface area contributed by atoms with Crippen LogP contribution in [0, 0.1) is 11.8 Å². The summed E-state index contributed by atoms with van der Waals surface area (Å²) in [6, 6.07) is 8.17. The Morgan fingerprint density at radius 2 is 1.52 bits per heavy atom. The normalized spacial score (nSPS) is 14.7. The Morgan fingerprint density at radius 1 is 0.905 bits per heavy atom. The molecule has 2 atom stereocenters. The third-order valence-corrected chi connectivity index (χ3v) is 3.47. The Kier molecular flexibility index (Phi) is 7.94. The van der Waals surface area contributed by atoms with Crippen molar-refractivity contribution in [1.82, 2.24) is 5.32 Å². The largest absolute Gasteiger partial charge is 0.392 e. The van der Waals surface area contributed by atoms with Gasteiger partial charge in [0.2, 0.25) is 0 Å². The second kappa shape index (κ2) is 9.19. The number of hydrogen-bond acceptors (Lipinski definition) is 3. The first-order valence-corrected chi connectivity index (χ1v) is 8.04. The first kappa shape index (κ1) is 18.1. The van der Waals surface area contributed by atoms with E-state index in [2.05, 4.69) is 45.1 Å². The van der Waals surface area contributed by atoms with Crippen molar-refractivity contribution in [3.8, 4) is 0 Å². The minimum atomic E-state index is -0.524. The van der Waals surface area contributed by atoms with Crippen LogP contribution in [0.15, 0.2) is 24.3 Å². The van der Waals surface area contributed by atoms with Gasteiger partial charge in [-0.05, 0) is 35.8 Å². The summed E-state index contributed by atoms with van der Waals surface area (Å²) in [5.41, 5.74) is 2.23. The van der Waals surface area contributed by atoms with E-state index in [1.54, 1.807) is 0 Å². The van der Waals surface area contributed by atoms with Gasteiger partial charge in [0.25, 0.3) is 0 Å². The lowest BCUT2D eigenvalue weighted by molar-refractivity contribution is 0.131. The van der Waals surface area contributed by atoms with Crippen LogP contribution in [0.5, 0.6) is 0 Å². The van der Waals surface area contributed by atoms with Crippen molar-refractivity contribution >= 4 is 0 Å². The van der Waals surface area contributed by atoms with Crippen LogP contribution in [0.4, 0.5) is 0 Å². The van der Waals surface area contributed by atoms with Crippen LogP contribution >= 0.6 is 0 Å². The Bertz CT molecular complexity index is 387. The third-order valence-electron chi connectivity index (χ3n) is 3.47. The van der Waals surface area contributed by atoms with Crippen molar-refractivity contribution in [1.29, 1.82) is 0 Å². The number of benzene rings is 1. The second-order valence-corrected chi connectivity index (χ2v) is 6.80. The van der Waals surface area contributed by atoms with Gasteiger partial charge in [0, 0.05) is 13.1 Å². The molecule has 0 aliphatic carbocycles. The molecule has 0 saturated heterocycles. The van der Waals surface area contributed by atoms with Crippen molar-refractivity contribution < 1.29 is 10.2 Å². The predicted octanol–water partition coefficient (Wildman–Crippen LogP) is 2.92. The zero-order chi connectivity index (χ0) is 15.8. The van der Waals surface area contributed by atoms with Gasteiger partial charge >= 0.3 is 0 Å². The molecule has 0 fully saturated rings. The number of rotatable bonds is 9. The van der Waals surface area contributed by atoms with Crippen LogP contribution in [0.3, 0.4) is 0 Å². The molecule has 3 heteroatoms. The molecule has 0 aromatic heterocycles. The van der Waals surface area contributed by atoms with Crippen LogP contribution in [-0.4, -0.2) is 29.4 Å². The zero-order valence-electron chi connectivity index (χ0n) is 13.8. The summed E-state index contributed by atoms with van der Waals surface area (Å²) in [4.78, 5) is 0. The molecular formula is C18H31NO2. The Morgan fingerprint density at radius 3 is 2.05 bits per heavy atom. The minimum absolute atomic E-state index is 0.342. The molecule has 0 heterocycles. The van der Waals surface area contributed by atoms with Gasteiger partial charge in [0.05, 0.1) is 12.2 Å². The van der Waals surface area contributed by atoms with Gasteiger partial charge in [0.1, 0.15) is 0 Å². The fourth-order valence-electron chi connectivity index (χ4n) is 2.48. The number of hydrogen-bond donors (Lipinski definition) is 3. The maximum absolute atomic E-state index is 10.1. The van der Waals surface area contributed by atoms with E-state index in [0.29, 0.717) is 24.9 Å². The first-order chi connectivity index (χ1) is 9.88. The van der Waals surface area contributed by atoms with Gasteiger partial charge in [-0.15, -0.1) is 0 Å². The molecule has 1 rings (SSSR count). The van der Waals surface area contributed by atoms with Gasteiger partial charge in [-0.2, -0.15) is 0 Å². The first-order valence-electron chi connectivity index (χ1n) is 8.04. The topological polar surface area (TPSA) is 52.5 Å². The van der Waals surface area contributed by atoms with Crippen molar-refractivity contribution in [2.45, 2.75) is 52.7 Å². The van der Waals surface area contributed by atoms with Crippen LogP contribution in [0.2, 0.25) is 0 Å². The quantitative estimate of drug-likeness (QED) is 0.656. The second-order valence-electron chi connectivity index (χ2n) is 6.80. The molecule has 3 N–H and O–H groups in total. The van der Waals surface area contributed by atoms with Crippen molar-refractivity contribution in [2.75, 3.05) is 13.1 Å². The average Bonchev–Trinajstić information content (AvgIpc) is 2.37. The maximum Gasteiger partial charge on any atom is 0.0914 e. The van der Waals surface area contributed by atoms with Crippen molar-refractivity contribution in [3.05, 3.63) is 35.4 Å². The predicted molar refractivity (Wildman–Crippen MR) is 88.3 cm³/mol. The van der Waals surface area contributed by atoms with E-state index in [1.807, 2.05) is 12.1 Å². The minimum Gasteiger partial charge on any atom is -0.392 e. The van der Waals surface area contributed by atoms with E-state index >= 15 is 0 Å². The average molecular weight is 293 g/mol. The Labute approximate surface area is 129 Å². The number of nitrogens with one attached hydrogen (secondary N) is 1. The van der Waals surface area contributed by atoms with Crippen molar-refractivity contribution in [3.63, 3.8) is 0 Å². The molecule has 1 aromatic rings. The molecule has 0 aliphatic rings. The van der Waals surface area contributed by atoms with Gasteiger partial charge in [-0.25, -0.2) is 0 Å². The fraction of sp³-hybridized carbons (Fsp3) is 0.667. The fourth-order valence-corrected chi connectivity index (χ4v) is 2.48. The summed E-state index contributed by atoms with van der Waals surface area (Å²) in [7, 11) is 0. The molecule has 3 nitrogen and oxygen atoms in total. The lowest BCUT2D eigenvalue weighted by atomic mass is 10.00. The van der Waals surface area contributed by atoms with Crippen LogP contribution < -0.4 is 5.32 Å². The summed E-state index contributed by atoms with van der Waals surface area (Å²) in [5, 5.41) is 23.1. The van der Waals surface area contributed by atoms with E-state index in [0.717, 1.165) is 18.4 Å². The highest BCUT2D eigenvalue weighted by atomic mass is 16.3. The third kappa shape index (κ3) is 7.60.